The third kappa shape index (κ3) is 4.68. The molecule has 4 aromatic rings. The molecule has 4 rings (SSSR count). The van der Waals surface area contributed by atoms with E-state index in [0.717, 1.165) is 22.7 Å². The van der Waals surface area contributed by atoms with E-state index in [1.807, 2.05) is 43.5 Å². The fourth-order valence-electron chi connectivity index (χ4n) is 3.37. The van der Waals surface area contributed by atoms with Crippen molar-refractivity contribution in [2.24, 2.45) is 0 Å². The van der Waals surface area contributed by atoms with Gasteiger partial charge in [0.25, 0.3) is 5.91 Å². The highest BCUT2D eigenvalue weighted by Gasteiger charge is 2.20. The minimum Gasteiger partial charge on any atom is -0.494 e. The van der Waals surface area contributed by atoms with Gasteiger partial charge in [0.05, 0.1) is 37.8 Å². The topological polar surface area (TPSA) is 87.5 Å². The Morgan fingerprint density at radius 2 is 1.91 bits per heavy atom. The van der Waals surface area contributed by atoms with E-state index in [0.29, 0.717) is 34.6 Å². The number of aryl methyl sites for hydroxylation is 1. The third-order valence-corrected chi connectivity index (χ3v) is 5.67. The van der Waals surface area contributed by atoms with Crippen molar-refractivity contribution < 1.29 is 19.0 Å². The summed E-state index contributed by atoms with van der Waals surface area (Å²) in [5, 5.41) is 10.0. The summed E-state index contributed by atoms with van der Waals surface area (Å²) in [7, 11) is 3.03. The van der Waals surface area contributed by atoms with Crippen molar-refractivity contribution in [1.29, 1.82) is 0 Å². The number of nitrogens with zero attached hydrogens (tertiary/aromatic N) is 3. The van der Waals surface area contributed by atoms with E-state index < -0.39 is 0 Å². The first-order chi connectivity index (χ1) is 16.0. The molecule has 0 saturated heterocycles. The summed E-state index contributed by atoms with van der Waals surface area (Å²) in [6.45, 7) is 4.43. The van der Waals surface area contributed by atoms with Gasteiger partial charge in [-0.05, 0) is 50.2 Å². The molecule has 2 aromatic carbocycles. The predicted octanol–water partition coefficient (Wildman–Crippen LogP) is 4.97. The van der Waals surface area contributed by atoms with Gasteiger partial charge in [-0.15, -0.1) is 11.3 Å². The van der Waals surface area contributed by atoms with Crippen LogP contribution in [0.25, 0.3) is 16.4 Å². The zero-order valence-corrected chi connectivity index (χ0v) is 19.6. The van der Waals surface area contributed by atoms with Gasteiger partial charge < -0.3 is 19.5 Å². The maximum absolute atomic E-state index is 13.0. The summed E-state index contributed by atoms with van der Waals surface area (Å²) >= 11 is 1.44. The van der Waals surface area contributed by atoms with Crippen molar-refractivity contribution in [3.8, 4) is 33.6 Å². The molecule has 8 nitrogen and oxygen atoms in total. The Hall–Kier alpha value is -3.85. The van der Waals surface area contributed by atoms with Crippen LogP contribution in [0.15, 0.2) is 53.9 Å². The molecule has 1 N–H and O–H groups in total. The summed E-state index contributed by atoms with van der Waals surface area (Å²) in [5.74, 6) is 1.84. The van der Waals surface area contributed by atoms with Gasteiger partial charge in [-0.1, -0.05) is 6.07 Å². The van der Waals surface area contributed by atoms with Crippen LogP contribution in [0, 0.1) is 6.92 Å². The van der Waals surface area contributed by atoms with Crippen molar-refractivity contribution in [1.82, 2.24) is 14.8 Å². The molecular weight excluding hydrogens is 440 g/mol. The van der Waals surface area contributed by atoms with Gasteiger partial charge in [0.2, 0.25) is 5.13 Å². The number of carbonyl (C=O) groups excluding carboxylic acids is 1. The van der Waals surface area contributed by atoms with Crippen LogP contribution in [0.2, 0.25) is 0 Å². The van der Waals surface area contributed by atoms with Gasteiger partial charge in [0.1, 0.15) is 11.6 Å². The Labute approximate surface area is 195 Å². The lowest BCUT2D eigenvalue weighted by atomic mass is 10.1. The lowest BCUT2D eigenvalue weighted by Crippen LogP contribution is -2.16. The summed E-state index contributed by atoms with van der Waals surface area (Å²) in [6, 6.07) is 14.7. The zero-order chi connectivity index (χ0) is 23.4. The van der Waals surface area contributed by atoms with Gasteiger partial charge in [0, 0.05) is 17.0 Å². The second-order valence-electron chi connectivity index (χ2n) is 7.05. The third-order valence-electron chi connectivity index (χ3n) is 4.86. The first-order valence-corrected chi connectivity index (χ1v) is 11.2. The lowest BCUT2D eigenvalue weighted by molar-refractivity contribution is 0.102. The van der Waals surface area contributed by atoms with Gasteiger partial charge in [-0.3, -0.25) is 4.79 Å². The number of para-hydroxylation sites is 1. The summed E-state index contributed by atoms with van der Waals surface area (Å²) in [4.78, 5) is 17.8. The smallest absolute Gasteiger partial charge is 0.260 e. The average Bonchev–Trinajstić information content (AvgIpc) is 3.45. The lowest BCUT2D eigenvalue weighted by Gasteiger charge is -2.12. The minimum absolute atomic E-state index is 0.338. The van der Waals surface area contributed by atoms with E-state index in [4.69, 9.17) is 19.2 Å². The largest absolute Gasteiger partial charge is 0.494 e. The van der Waals surface area contributed by atoms with Crippen LogP contribution in [0.1, 0.15) is 23.0 Å². The molecular formula is C24H24N4O4S. The number of carbonyl (C=O) groups is 1. The highest BCUT2D eigenvalue weighted by Crippen LogP contribution is 2.32. The molecule has 0 radical (unpaired) electrons. The fraction of sp³-hybridized carbons (Fsp3) is 0.208. The molecule has 1 amide bonds. The monoisotopic (exact) mass is 464 g/mol. The molecule has 0 saturated carbocycles. The highest BCUT2D eigenvalue weighted by molar-refractivity contribution is 7.12. The summed E-state index contributed by atoms with van der Waals surface area (Å²) in [5.41, 5.74) is 2.90. The molecule has 2 heterocycles. The normalized spacial score (nSPS) is 10.7. The molecule has 33 heavy (non-hydrogen) atoms. The Kier molecular flexibility index (Phi) is 6.60. The van der Waals surface area contributed by atoms with E-state index in [-0.39, 0.29) is 5.91 Å². The number of hydrogen-bond acceptors (Lipinski definition) is 7. The number of rotatable bonds is 8. The van der Waals surface area contributed by atoms with Crippen LogP contribution in [0.4, 0.5) is 5.82 Å². The maximum atomic E-state index is 13.0. The first kappa shape index (κ1) is 22.3. The number of thiazole rings is 1. The average molecular weight is 465 g/mol. The molecule has 0 aliphatic carbocycles. The Balaban J connectivity index is 1.61. The molecule has 0 atom stereocenters. The molecule has 2 aromatic heterocycles. The van der Waals surface area contributed by atoms with E-state index >= 15 is 0 Å². The second-order valence-corrected chi connectivity index (χ2v) is 7.89. The quantitative estimate of drug-likeness (QED) is 0.396. The molecule has 0 bridgehead atoms. The molecule has 9 heteroatoms. The molecule has 0 fully saturated rings. The molecule has 0 unspecified atom stereocenters. The van der Waals surface area contributed by atoms with Crippen LogP contribution in [0.5, 0.6) is 17.2 Å². The number of aromatic nitrogens is 3. The Morgan fingerprint density at radius 1 is 1.12 bits per heavy atom. The van der Waals surface area contributed by atoms with Gasteiger partial charge >= 0.3 is 0 Å². The number of benzene rings is 2. The number of nitrogens with one attached hydrogen (secondary N) is 1. The van der Waals surface area contributed by atoms with E-state index in [2.05, 4.69) is 10.4 Å². The van der Waals surface area contributed by atoms with E-state index in [1.165, 1.54) is 25.6 Å². The Morgan fingerprint density at radius 3 is 2.61 bits per heavy atom. The zero-order valence-electron chi connectivity index (χ0n) is 18.8. The van der Waals surface area contributed by atoms with Gasteiger partial charge in [-0.2, -0.15) is 9.78 Å². The second kappa shape index (κ2) is 9.74. The SMILES string of the molecule is CCOc1ccc(-c2csc(-n3nc(C)cc3NC(=O)c3cccc(OC)c3OC)n2)cc1. The fourth-order valence-corrected chi connectivity index (χ4v) is 4.16. The number of anilines is 1. The summed E-state index contributed by atoms with van der Waals surface area (Å²) in [6.07, 6.45) is 0. The number of hydrogen-bond donors (Lipinski definition) is 1. The van der Waals surface area contributed by atoms with Crippen LogP contribution >= 0.6 is 11.3 Å². The molecule has 0 spiro atoms. The van der Waals surface area contributed by atoms with Crippen LogP contribution < -0.4 is 19.5 Å². The minimum atomic E-state index is -0.338. The van der Waals surface area contributed by atoms with Crippen LogP contribution in [-0.2, 0) is 0 Å². The van der Waals surface area contributed by atoms with Crippen LogP contribution in [0.3, 0.4) is 0 Å². The molecule has 170 valence electrons. The van der Waals surface area contributed by atoms with Gasteiger partial charge in [-0.25, -0.2) is 4.98 Å². The maximum Gasteiger partial charge on any atom is 0.260 e. The number of methoxy groups -OCH3 is 2. The van der Waals surface area contributed by atoms with Crippen molar-refractivity contribution in [3.05, 3.63) is 65.2 Å². The van der Waals surface area contributed by atoms with Crippen LogP contribution in [-0.4, -0.2) is 41.5 Å². The summed E-state index contributed by atoms with van der Waals surface area (Å²) < 4.78 is 17.8. The Bertz CT molecular complexity index is 1260. The number of amides is 1. The van der Waals surface area contributed by atoms with E-state index in [1.54, 1.807) is 28.9 Å². The van der Waals surface area contributed by atoms with Crippen molar-refractivity contribution >= 4 is 23.1 Å². The highest BCUT2D eigenvalue weighted by atomic mass is 32.1. The molecule has 0 aliphatic heterocycles. The standard InChI is InChI=1S/C24H24N4O4S/c1-5-32-17-11-9-16(10-12-17)19-14-33-24(25-19)28-21(13-15(2)27-28)26-23(29)18-7-6-8-20(30-3)22(18)31-4/h6-14H,5H2,1-4H3,(H,26,29). The number of ether oxygens (including phenoxy) is 3. The van der Waals surface area contributed by atoms with Gasteiger partial charge in [0.15, 0.2) is 11.5 Å². The van der Waals surface area contributed by atoms with Crippen molar-refractivity contribution in [2.75, 3.05) is 26.1 Å². The molecule has 0 aliphatic rings. The predicted molar refractivity (Wildman–Crippen MR) is 128 cm³/mol. The van der Waals surface area contributed by atoms with E-state index in [9.17, 15) is 4.79 Å². The van der Waals surface area contributed by atoms with Crippen molar-refractivity contribution in [2.45, 2.75) is 13.8 Å². The van der Waals surface area contributed by atoms with Crippen molar-refractivity contribution in [3.63, 3.8) is 0 Å². The first-order valence-electron chi connectivity index (χ1n) is 10.3.